The van der Waals surface area contributed by atoms with Crippen molar-refractivity contribution in [3.63, 3.8) is 0 Å². The summed E-state index contributed by atoms with van der Waals surface area (Å²) < 4.78 is 28.3. The molecule has 0 fully saturated rings. The van der Waals surface area contributed by atoms with Crippen LogP contribution in [0.2, 0.25) is 0 Å². The van der Waals surface area contributed by atoms with Gasteiger partial charge in [0.25, 0.3) is 11.9 Å². The third-order valence-electron chi connectivity index (χ3n) is 11.0. The molecule has 0 unspecified atom stereocenters. The summed E-state index contributed by atoms with van der Waals surface area (Å²) in [6.07, 6.45) is 3.29. The third kappa shape index (κ3) is 25.8. The van der Waals surface area contributed by atoms with Gasteiger partial charge >= 0.3 is 39.0 Å². The van der Waals surface area contributed by atoms with Crippen LogP contribution >= 0.6 is 0 Å². The SMILES string of the molecule is C/C1=N\Nc2nnc(-c3ccc(-c4nnc5n4/N=C(\C)c4ccccc4OCCCCOc4ccccc4/C(C)=N/N5)cc3)n2/N=C(\C)c2ccccc2OCCCCOc2ccccc21.CC(=O)[O-].CC(=O)[O-].CC(=O)[O-].CC(=O)[O-].O.O.O.O.[Zn+2].[Zn+2]. The number of aromatic nitrogens is 6. The molecule has 88 heavy (non-hydrogen) atoms. The number of aliphatic carboxylic acids is 4. The molecule has 0 spiro atoms. The average molecular weight is 1320 g/mol. The van der Waals surface area contributed by atoms with E-state index >= 15 is 0 Å². The van der Waals surface area contributed by atoms with E-state index in [4.69, 9.17) is 79.0 Å². The Bertz CT molecular complexity index is 3170. The molecule has 9 rings (SSSR count). The number of ether oxygens (including phenoxy) is 4. The van der Waals surface area contributed by atoms with Crippen molar-refractivity contribution in [1.82, 2.24) is 29.7 Å². The second-order valence-corrected chi connectivity index (χ2v) is 17.6. The number of para-hydroxylation sites is 4. The second-order valence-electron chi connectivity index (χ2n) is 17.6. The Kier molecular flexibility index (Phi) is 38.4. The van der Waals surface area contributed by atoms with Gasteiger partial charge in [-0.3, -0.25) is 0 Å². The molecule has 7 aromatic rings. The molecule has 0 saturated carbocycles. The Morgan fingerprint density at radius 1 is 0.386 bits per heavy atom. The van der Waals surface area contributed by atoms with Crippen LogP contribution in [-0.2, 0) is 58.1 Å². The first kappa shape index (κ1) is 80.9. The second kappa shape index (κ2) is 41.8. The Morgan fingerprint density at radius 2 is 0.614 bits per heavy atom. The number of hydrazone groups is 2. The summed E-state index contributed by atoms with van der Waals surface area (Å²) in [5, 5.41) is 73.5. The molecule has 0 aliphatic carbocycles. The van der Waals surface area contributed by atoms with Gasteiger partial charge in [0.1, 0.15) is 23.0 Å². The van der Waals surface area contributed by atoms with Crippen LogP contribution in [0.4, 0.5) is 11.9 Å². The summed E-state index contributed by atoms with van der Waals surface area (Å²) >= 11 is 0. The standard InChI is InChI=1S/C50H50N12O4.4C2H4O2.4H2O.2Zn/c1-33-39-17-5-9-21-43(39)63-29-13-15-31-65-45-23-11-7-19-41(45)35(3)59-61-47(53-57-49(61)55-51-33)37-25-27-38(28-26-37)48-54-58-50-56-52-34(2)40-18-6-10-22-44(40)64-30-14-16-32-66-46-24-12-8-20-42(46)36(4)60-62(48)50;4*1-2(3)4;;;;;;/h5-12,17-28H,13-16,29-32H2,1-4H3,(H,55,57)(H,56,58);4*1H3,(H,3,4);4*1H2;;/q;;;;;;;;;2*+2/p-4/b51-33+,52-34+,59-35+,60-36+;;;;;;;;;;. The molecule has 5 aromatic carbocycles. The normalized spacial score (nSPS) is 14.7. The number of benzene rings is 5. The average Bonchev–Trinajstić information content (AvgIpc) is 4.23. The number of nitrogens with one attached hydrogen (secondary N) is 2. The summed E-state index contributed by atoms with van der Waals surface area (Å²) in [5.74, 6) is 0.189. The molecule has 0 atom stereocenters. The van der Waals surface area contributed by atoms with Crippen molar-refractivity contribution in [3.8, 4) is 45.8 Å². The molecular weight excluding hydrogens is 1250 g/mol. The Balaban J connectivity index is 0. The molecule has 2 aliphatic heterocycles. The van der Waals surface area contributed by atoms with E-state index in [1.54, 1.807) is 9.35 Å². The number of carbonyl (C=O) groups excluding carboxylic acids is 4. The largest absolute Gasteiger partial charge is 2.00 e. The van der Waals surface area contributed by atoms with E-state index in [2.05, 4.69) is 31.2 Å². The number of hydrogen-bond donors (Lipinski definition) is 2. The number of carbonyl (C=O) groups is 4. The van der Waals surface area contributed by atoms with Gasteiger partial charge < -0.3 is 80.5 Å². The van der Waals surface area contributed by atoms with Crippen molar-refractivity contribution in [1.29, 1.82) is 0 Å². The van der Waals surface area contributed by atoms with Crippen LogP contribution in [0.25, 0.3) is 22.8 Å². The molecule has 2 aliphatic rings. The molecule has 0 radical (unpaired) electrons. The van der Waals surface area contributed by atoms with Crippen LogP contribution in [0.5, 0.6) is 23.0 Å². The maximum Gasteiger partial charge on any atom is 2.00 e. The Hall–Kier alpha value is -9.17. The van der Waals surface area contributed by atoms with Crippen molar-refractivity contribution in [2.24, 2.45) is 20.4 Å². The van der Waals surface area contributed by atoms with Gasteiger partial charge in [0.05, 0.1) is 49.3 Å². The van der Waals surface area contributed by atoms with Gasteiger partial charge in [-0.15, -0.1) is 20.4 Å². The Morgan fingerprint density at radius 3 is 0.864 bits per heavy atom. The van der Waals surface area contributed by atoms with Crippen molar-refractivity contribution in [2.75, 3.05) is 37.3 Å². The monoisotopic (exact) mass is 1320 g/mol. The van der Waals surface area contributed by atoms with Crippen molar-refractivity contribution >= 4 is 58.6 Å². The quantitative estimate of drug-likeness (QED) is 0.230. The maximum atomic E-state index is 8.89. The molecule has 10 N–H and O–H groups in total. The fourth-order valence-corrected chi connectivity index (χ4v) is 7.52. The molecule has 2 aromatic heterocycles. The predicted octanol–water partition coefficient (Wildman–Crippen LogP) is 1.24. The van der Waals surface area contributed by atoms with E-state index in [1.165, 1.54) is 0 Å². The fraction of sp³-hybridized carbons (Fsp3) is 0.276. The summed E-state index contributed by atoms with van der Waals surface area (Å²) in [7, 11) is 0. The van der Waals surface area contributed by atoms with Gasteiger partial charge in [0, 0.05) is 57.3 Å². The van der Waals surface area contributed by atoms with Crippen molar-refractivity contribution in [2.45, 2.75) is 81.1 Å². The van der Waals surface area contributed by atoms with Crippen molar-refractivity contribution in [3.05, 3.63) is 144 Å². The van der Waals surface area contributed by atoms with Crippen LogP contribution in [-0.4, -0.2) is 125 Å². The van der Waals surface area contributed by atoms with Gasteiger partial charge in [0.15, 0.2) is 11.6 Å². The first-order chi connectivity index (χ1) is 39.3. The number of rotatable bonds is 2. The van der Waals surface area contributed by atoms with Gasteiger partial charge in [0.2, 0.25) is 0 Å². The Labute approximate surface area is 533 Å². The van der Waals surface area contributed by atoms with E-state index in [0.29, 0.717) is 72.8 Å². The maximum absolute atomic E-state index is 8.89. The zero-order valence-corrected chi connectivity index (χ0v) is 55.9. The summed E-state index contributed by atoms with van der Waals surface area (Å²) in [6.45, 7) is 13.8. The number of nitrogens with zero attached hydrogens (tertiary/aromatic N) is 10. The first-order valence-electron chi connectivity index (χ1n) is 25.7. The molecule has 4 heterocycles. The van der Waals surface area contributed by atoms with E-state index in [-0.39, 0.29) is 60.9 Å². The van der Waals surface area contributed by atoms with Crippen LogP contribution in [0.15, 0.2) is 142 Å². The molecule has 30 heteroatoms. The molecule has 462 valence electrons. The molecule has 28 nitrogen and oxygen atoms in total. The molecular formula is C58H70N12O16Zn2. The number of carboxylic acid groups (broad SMARTS) is 4. The summed E-state index contributed by atoms with van der Waals surface area (Å²) in [4.78, 5) is 35.6. The summed E-state index contributed by atoms with van der Waals surface area (Å²) in [6, 6.07) is 39.2. The van der Waals surface area contributed by atoms with Crippen LogP contribution < -0.4 is 50.2 Å². The van der Waals surface area contributed by atoms with Crippen molar-refractivity contribution < 1.29 is 119 Å². The topological polar surface area (TPSA) is 458 Å². The summed E-state index contributed by atoms with van der Waals surface area (Å²) in [5.41, 5.74) is 13.9. The zero-order valence-electron chi connectivity index (χ0n) is 50.0. The van der Waals surface area contributed by atoms with E-state index in [9.17, 15) is 0 Å². The van der Waals surface area contributed by atoms with E-state index < -0.39 is 23.9 Å². The van der Waals surface area contributed by atoms with Crippen LogP contribution in [0.1, 0.15) is 103 Å². The smallest absolute Gasteiger partial charge is 0.550 e. The van der Waals surface area contributed by atoms with Gasteiger partial charge in [-0.05, 0) is 130 Å². The van der Waals surface area contributed by atoms with Crippen LogP contribution in [0, 0.1) is 0 Å². The first-order valence-corrected chi connectivity index (χ1v) is 25.7. The van der Waals surface area contributed by atoms with Gasteiger partial charge in [-0.2, -0.15) is 29.8 Å². The molecule has 0 bridgehead atoms. The minimum atomic E-state index is -1.08. The van der Waals surface area contributed by atoms with Gasteiger partial charge in [-0.25, -0.2) is 10.9 Å². The number of fused-ring (bicyclic) bond motifs is 6. The third-order valence-corrected chi connectivity index (χ3v) is 11.0. The fourth-order valence-electron chi connectivity index (χ4n) is 7.52. The number of anilines is 2. The van der Waals surface area contributed by atoms with E-state index in [1.807, 2.05) is 149 Å². The van der Waals surface area contributed by atoms with E-state index in [0.717, 1.165) is 110 Å². The minimum Gasteiger partial charge on any atom is -0.550 e. The van der Waals surface area contributed by atoms with Gasteiger partial charge in [-0.1, -0.05) is 72.8 Å². The number of hydrogen-bond acceptors (Lipinski definition) is 22. The predicted molar refractivity (Wildman–Crippen MR) is 315 cm³/mol. The zero-order chi connectivity index (χ0) is 59.6. The molecule has 0 saturated heterocycles. The minimum absolute atomic E-state index is 0. The van der Waals surface area contributed by atoms with Crippen LogP contribution in [0.3, 0.4) is 0 Å². The number of carboxylic acids is 4. The molecule has 0 amide bonds.